The molecule has 0 amide bonds. The smallest absolute Gasteiger partial charge is 0.145 e. The van der Waals surface area contributed by atoms with Gasteiger partial charge in [-0.1, -0.05) is 163 Å². The van der Waals surface area contributed by atoms with Crippen LogP contribution in [0, 0.1) is 0 Å². The lowest BCUT2D eigenvalue weighted by molar-refractivity contribution is 1.10. The molecule has 0 aliphatic rings. The first-order valence-electron chi connectivity index (χ1n) is 24.4. The highest BCUT2D eigenvalue weighted by atomic mass is 15.1. The maximum atomic E-state index is 8.91. The van der Waals surface area contributed by atoms with Crippen LogP contribution in [0.1, 0.15) is 20.6 Å². The van der Waals surface area contributed by atoms with Crippen LogP contribution in [0.25, 0.3) is 94.2 Å². The Kier molecular flexibility index (Phi) is 4.64. The van der Waals surface area contributed by atoms with Crippen LogP contribution >= 0.6 is 0 Å². The van der Waals surface area contributed by atoms with E-state index in [1.807, 2.05) is 91.0 Å². The second-order valence-electron chi connectivity index (χ2n) is 12.4. The summed E-state index contributed by atoms with van der Waals surface area (Å²) in [6.07, 6.45) is 0. The van der Waals surface area contributed by atoms with Gasteiger partial charge in [0.1, 0.15) is 5.82 Å². The first-order chi connectivity index (χ1) is 32.5. The van der Waals surface area contributed by atoms with Gasteiger partial charge in [-0.2, -0.15) is 0 Å². The molecule has 0 N–H and O–H groups in total. The van der Waals surface area contributed by atoms with Crippen LogP contribution in [-0.4, -0.2) is 9.55 Å². The molecule has 0 saturated heterocycles. The zero-order valence-electron chi connectivity index (χ0n) is 42.9. The summed E-state index contributed by atoms with van der Waals surface area (Å²) in [5, 5.41) is 3.16. The van der Waals surface area contributed by atoms with Crippen LogP contribution in [0.2, 0.25) is 0 Å². The Morgan fingerprint density at radius 1 is 0.377 bits per heavy atom. The first-order valence-corrected chi connectivity index (χ1v) is 16.9. The van der Waals surface area contributed by atoms with Gasteiger partial charge < -0.3 is 0 Å². The zero-order chi connectivity index (χ0) is 48.2. The summed E-state index contributed by atoms with van der Waals surface area (Å²) in [6.45, 7) is 0. The van der Waals surface area contributed by atoms with E-state index in [4.69, 9.17) is 25.5 Å². The molecule has 0 bridgehead atoms. The van der Waals surface area contributed by atoms with Crippen LogP contribution in [0.5, 0.6) is 0 Å². The summed E-state index contributed by atoms with van der Waals surface area (Å²) >= 11 is 0. The lowest BCUT2D eigenvalue weighted by Crippen LogP contribution is -1.98. The van der Waals surface area contributed by atoms with E-state index in [1.54, 1.807) is 22.8 Å². The number of hydrogen-bond donors (Lipinski definition) is 0. The van der Waals surface area contributed by atoms with Gasteiger partial charge in [-0.15, -0.1) is 0 Å². The molecule has 2 nitrogen and oxygen atoms in total. The molecule has 0 unspecified atom stereocenters. The Labute approximate surface area is 330 Å². The van der Waals surface area contributed by atoms with Crippen molar-refractivity contribution in [1.29, 1.82) is 0 Å². The van der Waals surface area contributed by atoms with E-state index in [9.17, 15) is 0 Å². The predicted octanol–water partition coefficient (Wildman–Crippen LogP) is 13.7. The summed E-state index contributed by atoms with van der Waals surface area (Å²) in [5.41, 5.74) is 4.82. The summed E-state index contributed by atoms with van der Waals surface area (Å²) in [7, 11) is 0. The monoisotopic (exact) mass is 689 g/mol. The largest absolute Gasteiger partial charge is 0.292 e. The van der Waals surface area contributed by atoms with E-state index in [2.05, 4.69) is 0 Å². The van der Waals surface area contributed by atoms with Crippen molar-refractivity contribution in [1.82, 2.24) is 9.55 Å². The minimum absolute atomic E-state index is 0.0331. The standard InChI is InChI=1S/C51H34N2/c1-4-16-35(17-5-1)39-32-40(36-18-6-2-7-19-36)34-41(33-39)50-45-24-12-10-22-43(45)49(44-23-11-13-25-46(44)50)37-28-30-42(31-29-37)53-48-27-15-14-26-47(48)52-51(53)38-20-8-3-9-21-38/h1-34H/i1D,2D,3D,4D,5D,6D,7D,8D,9D,16D,17D,18D,19D,20D,21D. The van der Waals surface area contributed by atoms with Gasteiger partial charge in [0.05, 0.1) is 31.6 Å². The molecule has 9 aromatic carbocycles. The van der Waals surface area contributed by atoms with Crippen molar-refractivity contribution in [3.63, 3.8) is 0 Å². The number of fused-ring (bicyclic) bond motifs is 3. The third-order valence-corrected chi connectivity index (χ3v) is 9.43. The number of nitrogens with zero attached hydrogens (tertiary/aromatic N) is 2. The third-order valence-electron chi connectivity index (χ3n) is 9.43. The SMILES string of the molecule is [2H]c1c([2H])c([2H])c(-c2cc(-c3c([2H])c([2H])c([2H])c([2H])c3[2H])cc(-c3c4ccccc4c(-c4ccc(-n5c(-c6c([2H])c([2H])c([2H])c([2H])c6[2H])nc6ccccc65)cc4)c4ccccc34)c2)c([2H])c1[2H]. The molecule has 0 saturated carbocycles. The lowest BCUT2D eigenvalue weighted by atomic mass is 9.84. The average Bonchev–Trinajstić information content (AvgIpc) is 3.73. The fourth-order valence-electron chi connectivity index (χ4n) is 7.19. The van der Waals surface area contributed by atoms with Gasteiger partial charge in [-0.05, 0) is 109 Å². The Balaban J connectivity index is 1.22. The van der Waals surface area contributed by atoms with Gasteiger partial charge in [0, 0.05) is 11.3 Å². The minimum atomic E-state index is -0.570. The number of imidazole rings is 1. The van der Waals surface area contributed by atoms with Crippen molar-refractivity contribution in [3.05, 3.63) is 206 Å². The number of rotatable bonds is 6. The van der Waals surface area contributed by atoms with E-state index in [0.717, 1.165) is 32.7 Å². The molecule has 0 aliphatic heterocycles. The fourth-order valence-corrected chi connectivity index (χ4v) is 7.19. The normalized spacial score (nSPS) is 15.4. The van der Waals surface area contributed by atoms with Gasteiger partial charge in [0.25, 0.3) is 0 Å². The minimum Gasteiger partial charge on any atom is -0.292 e. The molecule has 0 spiro atoms. The number of aromatic nitrogens is 2. The number of para-hydroxylation sites is 2. The van der Waals surface area contributed by atoms with Crippen LogP contribution < -0.4 is 0 Å². The van der Waals surface area contributed by atoms with E-state index >= 15 is 0 Å². The highest BCUT2D eigenvalue weighted by Gasteiger charge is 2.19. The van der Waals surface area contributed by atoms with E-state index in [1.165, 1.54) is 6.07 Å². The molecule has 53 heavy (non-hydrogen) atoms. The summed E-state index contributed by atoms with van der Waals surface area (Å²) in [4.78, 5) is 4.79. The summed E-state index contributed by atoms with van der Waals surface area (Å²) < 4.78 is 130. The van der Waals surface area contributed by atoms with Gasteiger partial charge in [0.2, 0.25) is 0 Å². The van der Waals surface area contributed by atoms with Crippen LogP contribution in [0.4, 0.5) is 0 Å². The van der Waals surface area contributed by atoms with E-state index in [-0.39, 0.29) is 45.7 Å². The average molecular weight is 690 g/mol. The van der Waals surface area contributed by atoms with Crippen molar-refractivity contribution < 1.29 is 20.6 Å². The van der Waals surface area contributed by atoms with Crippen LogP contribution in [0.3, 0.4) is 0 Å². The Hall–Kier alpha value is -7.03. The molecule has 0 radical (unpaired) electrons. The molecule has 248 valence electrons. The van der Waals surface area contributed by atoms with Gasteiger partial charge >= 0.3 is 0 Å². The number of hydrogen-bond acceptors (Lipinski definition) is 1. The molecule has 0 fully saturated rings. The quantitative estimate of drug-likeness (QED) is 0.159. The lowest BCUT2D eigenvalue weighted by Gasteiger charge is -2.19. The van der Waals surface area contributed by atoms with Gasteiger partial charge in [-0.25, -0.2) is 4.98 Å². The molecule has 0 atom stereocenters. The highest BCUT2D eigenvalue weighted by molar-refractivity contribution is 6.21. The summed E-state index contributed by atoms with van der Waals surface area (Å²) in [5.74, 6) is 0.185. The molecule has 0 aliphatic carbocycles. The van der Waals surface area contributed by atoms with E-state index < -0.39 is 78.6 Å². The predicted molar refractivity (Wildman–Crippen MR) is 223 cm³/mol. The Bertz CT molecular complexity index is 3580. The van der Waals surface area contributed by atoms with Crippen molar-refractivity contribution >= 4 is 32.6 Å². The third kappa shape index (κ3) is 5.40. The van der Waals surface area contributed by atoms with Crippen molar-refractivity contribution in [2.24, 2.45) is 0 Å². The number of benzene rings is 9. The zero-order valence-corrected chi connectivity index (χ0v) is 27.9. The molecule has 10 aromatic rings. The molecule has 1 aromatic heterocycles. The second-order valence-corrected chi connectivity index (χ2v) is 12.4. The molecule has 1 heterocycles. The fraction of sp³-hybridized carbons (Fsp3) is 0. The Morgan fingerprint density at radius 2 is 0.811 bits per heavy atom. The van der Waals surface area contributed by atoms with E-state index in [0.29, 0.717) is 27.8 Å². The second kappa shape index (κ2) is 12.9. The molecular formula is C51H34N2. The molecule has 10 rings (SSSR count). The van der Waals surface area contributed by atoms with Crippen molar-refractivity contribution in [2.75, 3.05) is 0 Å². The topological polar surface area (TPSA) is 17.8 Å². The highest BCUT2D eigenvalue weighted by Crippen LogP contribution is 2.45. The van der Waals surface area contributed by atoms with Crippen LogP contribution in [0.15, 0.2) is 206 Å². The first kappa shape index (κ1) is 19.0. The maximum absolute atomic E-state index is 8.91. The van der Waals surface area contributed by atoms with Crippen LogP contribution in [-0.2, 0) is 0 Å². The van der Waals surface area contributed by atoms with Crippen molar-refractivity contribution in [3.8, 4) is 61.6 Å². The molecular weight excluding hydrogens is 641 g/mol. The van der Waals surface area contributed by atoms with Gasteiger partial charge in [0.15, 0.2) is 0 Å². The maximum Gasteiger partial charge on any atom is 0.145 e. The summed E-state index contributed by atoms with van der Waals surface area (Å²) in [6, 6.07) is 27.9. The Morgan fingerprint density at radius 3 is 1.34 bits per heavy atom. The molecule has 2 heteroatoms. The van der Waals surface area contributed by atoms with Gasteiger partial charge in [-0.3, -0.25) is 4.57 Å². The van der Waals surface area contributed by atoms with Crippen molar-refractivity contribution in [2.45, 2.75) is 0 Å².